The fourth-order valence-electron chi connectivity index (χ4n) is 9.75. The van der Waals surface area contributed by atoms with Crippen LogP contribution in [0.25, 0.3) is 0 Å². The maximum absolute atomic E-state index is 12.1. The molecule has 376 valence electrons. The second-order valence-electron chi connectivity index (χ2n) is 19.9. The number of rotatable bonds is 20. The molecule has 17 heteroatoms. The summed E-state index contributed by atoms with van der Waals surface area (Å²) in [6.07, 6.45) is 13.5. The van der Waals surface area contributed by atoms with Crippen LogP contribution in [-0.2, 0) is 39.0 Å². The van der Waals surface area contributed by atoms with Gasteiger partial charge in [-0.25, -0.2) is 35.0 Å². The number of carbonyl (C=O) groups excluding carboxylic acids is 2. The number of nitrogens with zero attached hydrogens (tertiary/aromatic N) is 3. The van der Waals surface area contributed by atoms with Crippen molar-refractivity contribution >= 4 is 43.2 Å². The van der Waals surface area contributed by atoms with Gasteiger partial charge in [0.05, 0.1) is 24.7 Å². The smallest absolute Gasteiger partial charge is 0.409 e. The summed E-state index contributed by atoms with van der Waals surface area (Å²) in [4.78, 5) is 23.9. The average molecular weight is 970 g/mol. The molecule has 0 spiro atoms. The molecule has 4 saturated heterocycles. The third-order valence-electron chi connectivity index (χ3n) is 14.1. The summed E-state index contributed by atoms with van der Waals surface area (Å²) in [5.74, 6) is 7.32. The molecule has 4 aliphatic heterocycles. The molecule has 2 saturated carbocycles. The van der Waals surface area contributed by atoms with Crippen molar-refractivity contribution in [3.8, 4) is 0 Å². The standard InChI is InChI=1S/C23H42N2O5S.C18H34N2O3S.C5H9ClO2.CH4/c1-4-31(27,28)25-12-5-19(6-13-25)17-29-14-9-21-15-22(21)20-7-10-24(11-8-20)23(26)30-16-18(2)3;1-2-24(21,22)20-10-5-15(6-11-20)14-23-12-7-17-13-18(17)16-3-8-19-9-4-16;1-4(2)3-8-5(6)7;/h18-22H,4-17H2,1-3H3;15-19H,2-14H2,1H3;4H,3H2,1-2H3;1H4/t21-,22-;17-,18-;;/m11../s1. The van der Waals surface area contributed by atoms with Gasteiger partial charge in [0.15, 0.2) is 0 Å². The Morgan fingerprint density at radius 2 is 1.03 bits per heavy atom. The monoisotopic (exact) mass is 969 g/mol. The van der Waals surface area contributed by atoms with E-state index in [9.17, 15) is 26.4 Å². The number of sulfonamides is 2. The van der Waals surface area contributed by atoms with Crippen LogP contribution in [0.3, 0.4) is 0 Å². The number of piperidine rings is 4. The van der Waals surface area contributed by atoms with Crippen LogP contribution in [0, 0.1) is 59.2 Å². The van der Waals surface area contributed by atoms with Crippen LogP contribution in [0.15, 0.2) is 0 Å². The average Bonchev–Trinajstić information content (AvgIpc) is 4.23. The highest BCUT2D eigenvalue weighted by atomic mass is 35.5. The number of ether oxygens (including phenoxy) is 4. The van der Waals surface area contributed by atoms with Crippen LogP contribution < -0.4 is 5.32 Å². The predicted molar refractivity (Wildman–Crippen MR) is 256 cm³/mol. The molecule has 0 aromatic rings. The van der Waals surface area contributed by atoms with E-state index in [4.69, 9.17) is 25.8 Å². The molecule has 0 aromatic heterocycles. The van der Waals surface area contributed by atoms with Crippen molar-refractivity contribution in [2.24, 2.45) is 59.2 Å². The van der Waals surface area contributed by atoms with E-state index >= 15 is 0 Å². The molecule has 4 atom stereocenters. The third kappa shape index (κ3) is 20.5. The van der Waals surface area contributed by atoms with Gasteiger partial charge in [0.2, 0.25) is 20.0 Å². The number of carbonyl (C=O) groups is 2. The van der Waals surface area contributed by atoms with Crippen molar-refractivity contribution in [3.05, 3.63) is 0 Å². The minimum absolute atomic E-state index is 0. The van der Waals surface area contributed by atoms with E-state index in [1.54, 1.807) is 22.5 Å². The largest absolute Gasteiger partial charge is 0.453 e. The van der Waals surface area contributed by atoms with Gasteiger partial charge in [-0.05, 0) is 163 Å². The summed E-state index contributed by atoms with van der Waals surface area (Å²) in [7, 11) is -6.04. The first kappa shape index (κ1) is 57.1. The second-order valence-corrected chi connectivity index (χ2v) is 24.7. The zero-order valence-electron chi connectivity index (χ0n) is 39.7. The molecule has 6 fully saturated rings. The van der Waals surface area contributed by atoms with E-state index in [-0.39, 0.29) is 25.0 Å². The maximum atomic E-state index is 12.1. The minimum atomic E-state index is -3.04. The van der Waals surface area contributed by atoms with Crippen LogP contribution in [0.4, 0.5) is 9.59 Å². The van der Waals surface area contributed by atoms with Gasteiger partial charge in [0.25, 0.3) is 0 Å². The van der Waals surface area contributed by atoms with Crippen molar-refractivity contribution in [2.75, 3.05) is 104 Å². The molecule has 64 heavy (non-hydrogen) atoms. The predicted octanol–water partition coefficient (Wildman–Crippen LogP) is 8.34. The number of hydrogen-bond donors (Lipinski definition) is 1. The van der Waals surface area contributed by atoms with Crippen molar-refractivity contribution in [2.45, 2.75) is 126 Å². The number of nitrogens with one attached hydrogen (secondary N) is 1. The first-order valence-electron chi connectivity index (χ1n) is 24.6. The summed E-state index contributed by atoms with van der Waals surface area (Å²) >= 11 is 4.86. The lowest BCUT2D eigenvalue weighted by Gasteiger charge is -2.32. The highest BCUT2D eigenvalue weighted by Gasteiger charge is 2.44. The van der Waals surface area contributed by atoms with Crippen LogP contribution in [0.5, 0.6) is 0 Å². The minimum Gasteiger partial charge on any atom is -0.453 e. The first-order valence-corrected chi connectivity index (χ1v) is 28.2. The summed E-state index contributed by atoms with van der Waals surface area (Å²) in [6, 6.07) is 0. The van der Waals surface area contributed by atoms with Crippen molar-refractivity contribution < 1.29 is 45.4 Å². The lowest BCUT2D eigenvalue weighted by atomic mass is 9.91. The van der Waals surface area contributed by atoms with E-state index in [0.29, 0.717) is 63.1 Å². The molecule has 0 aromatic carbocycles. The fraction of sp³-hybridized carbons (Fsp3) is 0.957. The maximum Gasteiger partial charge on any atom is 0.409 e. The van der Waals surface area contributed by atoms with E-state index in [1.807, 2.05) is 18.7 Å². The molecule has 0 radical (unpaired) electrons. The molecule has 14 nitrogen and oxygen atoms in total. The molecule has 6 rings (SSSR count). The summed E-state index contributed by atoms with van der Waals surface area (Å²) in [5, 5.41) is 3.45. The van der Waals surface area contributed by atoms with Gasteiger partial charge in [-0.3, -0.25) is 0 Å². The molecular weight excluding hydrogens is 880 g/mol. The lowest BCUT2D eigenvalue weighted by molar-refractivity contribution is 0.0709. The summed E-state index contributed by atoms with van der Waals surface area (Å²) in [5.41, 5.74) is -0.723. The zero-order valence-corrected chi connectivity index (χ0v) is 42.1. The van der Waals surface area contributed by atoms with E-state index < -0.39 is 25.5 Å². The molecule has 6 aliphatic rings. The van der Waals surface area contributed by atoms with Gasteiger partial charge < -0.3 is 29.2 Å². The van der Waals surface area contributed by atoms with Crippen LogP contribution >= 0.6 is 11.6 Å². The zero-order chi connectivity index (χ0) is 46.0. The molecule has 1 N–H and O–H groups in total. The van der Waals surface area contributed by atoms with Gasteiger partial charge >= 0.3 is 11.5 Å². The van der Waals surface area contributed by atoms with E-state index in [2.05, 4.69) is 23.9 Å². The Labute approximate surface area is 394 Å². The third-order valence-corrected chi connectivity index (χ3v) is 17.9. The number of amides is 1. The summed E-state index contributed by atoms with van der Waals surface area (Å²) in [6.45, 7) is 22.3. The topological polar surface area (TPSA) is 161 Å². The Balaban J connectivity index is 0.000000293. The molecular formula is C47H89ClN4O10S2. The molecule has 2 aliphatic carbocycles. The Hall–Kier alpha value is -1.27. The van der Waals surface area contributed by atoms with Gasteiger partial charge in [-0.2, -0.15) is 0 Å². The first-order chi connectivity index (χ1) is 30.0. The summed E-state index contributed by atoms with van der Waals surface area (Å²) < 4.78 is 72.5. The Morgan fingerprint density at radius 3 is 1.41 bits per heavy atom. The SMILES string of the molecule is C.CC(C)COC(=O)Cl.CCS(=O)(=O)N1CCC(COCC[C@@H]2C[C@@H]2C2CCN(C(=O)OCC(C)C)CC2)CC1.CCS(=O)(=O)N1CCC(COCC[C@@H]2C[C@@H]2C2CCNCC2)CC1. The van der Waals surface area contributed by atoms with Crippen molar-refractivity contribution in [1.29, 1.82) is 0 Å². The van der Waals surface area contributed by atoms with Crippen molar-refractivity contribution in [3.63, 3.8) is 0 Å². The fourth-order valence-corrected chi connectivity index (χ4v) is 12.1. The molecule has 0 bridgehead atoms. The Morgan fingerprint density at radius 1 is 0.625 bits per heavy atom. The quantitative estimate of drug-likeness (QED) is 0.0923. The Kier molecular flexibility index (Phi) is 25.8. The van der Waals surface area contributed by atoms with Gasteiger partial charge in [-0.15, -0.1) is 0 Å². The highest BCUT2D eigenvalue weighted by molar-refractivity contribution is 7.89. The molecule has 4 heterocycles. The lowest BCUT2D eigenvalue weighted by Crippen LogP contribution is -2.40. The Bertz CT molecular complexity index is 1540. The molecule has 0 unspecified atom stereocenters. The normalized spacial score (nSPS) is 25.4. The number of hydrogen-bond acceptors (Lipinski definition) is 11. The van der Waals surface area contributed by atoms with Crippen LogP contribution in [0.1, 0.15) is 126 Å². The van der Waals surface area contributed by atoms with Gasteiger partial charge in [0.1, 0.15) is 0 Å². The van der Waals surface area contributed by atoms with E-state index in [0.717, 1.165) is 120 Å². The second kappa shape index (κ2) is 28.9. The number of likely N-dealkylation sites (tertiary alicyclic amines) is 1. The number of halogens is 1. The van der Waals surface area contributed by atoms with Crippen LogP contribution in [0.2, 0.25) is 0 Å². The van der Waals surface area contributed by atoms with Gasteiger partial charge in [-0.1, -0.05) is 35.1 Å². The van der Waals surface area contributed by atoms with E-state index in [1.165, 1.54) is 45.2 Å². The highest BCUT2D eigenvalue weighted by Crippen LogP contribution is 2.50. The van der Waals surface area contributed by atoms with Gasteiger partial charge in [0, 0.05) is 77.3 Å². The molecule has 1 amide bonds. The van der Waals surface area contributed by atoms with Crippen LogP contribution in [-0.4, -0.2) is 145 Å². The van der Waals surface area contributed by atoms with Crippen molar-refractivity contribution in [1.82, 2.24) is 18.8 Å².